The molecule has 0 saturated heterocycles. The van der Waals surface area contributed by atoms with Gasteiger partial charge in [-0.05, 0) is 18.2 Å². The molecule has 12 heavy (non-hydrogen) atoms. The Bertz CT molecular complexity index is 370. The van der Waals surface area contributed by atoms with Crippen LogP contribution in [0.5, 0.6) is 0 Å². The first-order chi connectivity index (χ1) is 5.65. The highest BCUT2D eigenvalue weighted by molar-refractivity contribution is 9.10. The van der Waals surface area contributed by atoms with Gasteiger partial charge in [0.2, 0.25) is 0 Å². The van der Waals surface area contributed by atoms with E-state index in [2.05, 4.69) is 15.9 Å². The van der Waals surface area contributed by atoms with Crippen LogP contribution in [0.1, 0.15) is 10.4 Å². The van der Waals surface area contributed by atoms with Gasteiger partial charge in [0, 0.05) is 15.1 Å². The molecule has 0 unspecified atom stereocenters. The van der Waals surface area contributed by atoms with E-state index in [0.29, 0.717) is 15.1 Å². The number of nitriles is 1. The first-order valence-electron chi connectivity index (χ1n) is 3.04. The van der Waals surface area contributed by atoms with Gasteiger partial charge in [-0.3, -0.25) is 4.79 Å². The number of benzene rings is 1. The molecule has 0 bridgehead atoms. The number of ketones is 1. The summed E-state index contributed by atoms with van der Waals surface area (Å²) in [5.74, 6) is -0.593. The van der Waals surface area contributed by atoms with Crippen molar-refractivity contribution < 1.29 is 4.79 Å². The summed E-state index contributed by atoms with van der Waals surface area (Å²) in [6.07, 6.45) is 0. The van der Waals surface area contributed by atoms with Crippen molar-refractivity contribution in [2.24, 2.45) is 0 Å². The number of rotatable bonds is 1. The summed E-state index contributed by atoms with van der Waals surface area (Å²) >= 11 is 8.78. The van der Waals surface area contributed by atoms with Crippen LogP contribution in [-0.2, 0) is 0 Å². The second kappa shape index (κ2) is 3.70. The lowest BCUT2D eigenvalue weighted by atomic mass is 10.1. The van der Waals surface area contributed by atoms with Gasteiger partial charge in [-0.2, -0.15) is 5.26 Å². The molecule has 0 atom stereocenters. The SMILES string of the molecule is N#CC(=O)c1cc(Cl)ccc1Br. The van der Waals surface area contributed by atoms with Gasteiger partial charge in [0.1, 0.15) is 6.07 Å². The summed E-state index contributed by atoms with van der Waals surface area (Å²) in [7, 11) is 0. The molecule has 0 radical (unpaired) electrons. The van der Waals surface area contributed by atoms with Crippen LogP contribution in [-0.4, -0.2) is 5.78 Å². The van der Waals surface area contributed by atoms with Crippen molar-refractivity contribution in [2.75, 3.05) is 0 Å². The lowest BCUT2D eigenvalue weighted by molar-refractivity contribution is 0.105. The number of Topliss-reactive ketones (excluding diaryl/α,β-unsaturated/α-hetero) is 1. The minimum absolute atomic E-state index is 0.296. The average molecular weight is 244 g/mol. The Labute approximate surface area is 82.9 Å². The van der Waals surface area contributed by atoms with Gasteiger partial charge in [0.25, 0.3) is 5.78 Å². The number of hydrogen-bond donors (Lipinski definition) is 0. The highest BCUT2D eigenvalue weighted by Gasteiger charge is 2.08. The minimum atomic E-state index is -0.593. The largest absolute Gasteiger partial charge is 0.277 e. The summed E-state index contributed by atoms with van der Waals surface area (Å²) in [6.45, 7) is 0. The Morgan fingerprint density at radius 3 is 2.83 bits per heavy atom. The fourth-order valence-corrected chi connectivity index (χ4v) is 1.33. The van der Waals surface area contributed by atoms with Crippen LogP contribution in [0.25, 0.3) is 0 Å². The maximum absolute atomic E-state index is 10.9. The summed E-state index contributed by atoms with van der Waals surface area (Å²) in [5.41, 5.74) is 0.296. The molecule has 4 heteroatoms. The van der Waals surface area contributed by atoms with Crippen molar-refractivity contribution in [3.05, 3.63) is 33.3 Å². The molecule has 1 rings (SSSR count). The highest BCUT2D eigenvalue weighted by Crippen LogP contribution is 2.21. The number of carbonyl (C=O) groups is 1. The molecule has 60 valence electrons. The van der Waals surface area contributed by atoms with Crippen molar-refractivity contribution in [3.8, 4) is 6.07 Å². The van der Waals surface area contributed by atoms with Gasteiger partial charge in [0.05, 0.1) is 0 Å². The fourth-order valence-electron chi connectivity index (χ4n) is 0.732. The molecule has 0 spiro atoms. The summed E-state index contributed by atoms with van der Waals surface area (Å²) in [6, 6.07) is 6.25. The van der Waals surface area contributed by atoms with Gasteiger partial charge in [-0.1, -0.05) is 27.5 Å². The zero-order chi connectivity index (χ0) is 9.14. The summed E-state index contributed by atoms with van der Waals surface area (Å²) in [4.78, 5) is 10.9. The third kappa shape index (κ3) is 1.84. The molecule has 0 aromatic heterocycles. The predicted molar refractivity (Wildman–Crippen MR) is 49.1 cm³/mol. The maximum Gasteiger partial charge on any atom is 0.263 e. The molecule has 1 aromatic rings. The molecule has 0 saturated carbocycles. The summed E-state index contributed by atoms with van der Waals surface area (Å²) < 4.78 is 0.582. The van der Waals surface area contributed by atoms with Gasteiger partial charge in [-0.25, -0.2) is 0 Å². The lowest BCUT2D eigenvalue weighted by Gasteiger charge is -1.97. The normalized spacial score (nSPS) is 9.08. The molecule has 0 amide bonds. The van der Waals surface area contributed by atoms with Crippen molar-refractivity contribution in [2.45, 2.75) is 0 Å². The number of carbonyl (C=O) groups excluding carboxylic acids is 1. The van der Waals surface area contributed by atoms with E-state index in [4.69, 9.17) is 16.9 Å². The fraction of sp³-hybridized carbons (Fsp3) is 0. The smallest absolute Gasteiger partial charge is 0.263 e. The molecule has 2 nitrogen and oxygen atoms in total. The van der Waals surface area contributed by atoms with Crippen molar-refractivity contribution in [3.63, 3.8) is 0 Å². The molecule has 0 aliphatic carbocycles. The number of nitrogens with zero attached hydrogens (tertiary/aromatic N) is 1. The molecule has 0 fully saturated rings. The van der Waals surface area contributed by atoms with E-state index in [1.807, 2.05) is 0 Å². The first kappa shape index (κ1) is 9.24. The van der Waals surface area contributed by atoms with Gasteiger partial charge >= 0.3 is 0 Å². The van der Waals surface area contributed by atoms with Crippen LogP contribution in [0.2, 0.25) is 5.02 Å². The van der Waals surface area contributed by atoms with Crippen molar-refractivity contribution in [1.29, 1.82) is 5.26 Å². The van der Waals surface area contributed by atoms with Gasteiger partial charge in [0.15, 0.2) is 0 Å². The molecular weight excluding hydrogens is 241 g/mol. The van der Waals surface area contributed by atoms with Gasteiger partial charge in [-0.15, -0.1) is 0 Å². The Kier molecular flexibility index (Phi) is 2.85. The monoisotopic (exact) mass is 243 g/mol. The number of halogens is 2. The highest BCUT2D eigenvalue weighted by atomic mass is 79.9. The zero-order valence-electron chi connectivity index (χ0n) is 5.84. The molecule has 0 aliphatic rings. The van der Waals surface area contributed by atoms with E-state index in [1.165, 1.54) is 12.1 Å². The van der Waals surface area contributed by atoms with E-state index < -0.39 is 5.78 Å². The average Bonchev–Trinajstić information content (AvgIpc) is 2.08. The Hall–Kier alpha value is -0.850. The first-order valence-corrected chi connectivity index (χ1v) is 4.21. The topological polar surface area (TPSA) is 40.9 Å². The van der Waals surface area contributed by atoms with E-state index >= 15 is 0 Å². The predicted octanol–water partition coefficient (Wildman–Crippen LogP) is 2.81. The van der Waals surface area contributed by atoms with Crippen LogP contribution in [0.3, 0.4) is 0 Å². The molecule has 0 N–H and O–H groups in total. The molecule has 0 aliphatic heterocycles. The van der Waals surface area contributed by atoms with E-state index in [9.17, 15) is 4.79 Å². The van der Waals surface area contributed by atoms with Crippen LogP contribution in [0, 0.1) is 11.3 Å². The summed E-state index contributed by atoms with van der Waals surface area (Å²) in [5, 5.41) is 8.78. The van der Waals surface area contributed by atoms with Crippen molar-refractivity contribution >= 4 is 33.3 Å². The van der Waals surface area contributed by atoms with E-state index in [1.54, 1.807) is 12.1 Å². The molecule has 0 heterocycles. The quantitative estimate of drug-likeness (QED) is 0.563. The molecular formula is C8H3BrClNO. The second-order valence-corrected chi connectivity index (χ2v) is 3.36. The second-order valence-electron chi connectivity index (χ2n) is 2.07. The van der Waals surface area contributed by atoms with Crippen LogP contribution in [0.4, 0.5) is 0 Å². The van der Waals surface area contributed by atoms with E-state index in [0.717, 1.165) is 0 Å². The minimum Gasteiger partial charge on any atom is -0.277 e. The number of hydrogen-bond acceptors (Lipinski definition) is 2. The van der Waals surface area contributed by atoms with Crippen molar-refractivity contribution in [1.82, 2.24) is 0 Å². The lowest BCUT2D eigenvalue weighted by Crippen LogP contribution is -1.95. The van der Waals surface area contributed by atoms with Gasteiger partial charge < -0.3 is 0 Å². The van der Waals surface area contributed by atoms with E-state index in [-0.39, 0.29) is 0 Å². The Balaban J connectivity index is 3.25. The Morgan fingerprint density at radius 2 is 2.25 bits per heavy atom. The third-order valence-corrected chi connectivity index (χ3v) is 2.20. The molecule has 1 aromatic carbocycles. The van der Waals surface area contributed by atoms with Crippen LogP contribution in [0.15, 0.2) is 22.7 Å². The maximum atomic E-state index is 10.9. The zero-order valence-corrected chi connectivity index (χ0v) is 8.19. The van der Waals surface area contributed by atoms with Crippen LogP contribution < -0.4 is 0 Å². The standard InChI is InChI=1S/C8H3BrClNO/c9-7-2-1-5(10)3-6(7)8(12)4-11/h1-3H. The van der Waals surface area contributed by atoms with Crippen LogP contribution >= 0.6 is 27.5 Å². The Morgan fingerprint density at radius 1 is 1.58 bits per heavy atom. The third-order valence-electron chi connectivity index (χ3n) is 1.27.